The van der Waals surface area contributed by atoms with E-state index in [9.17, 15) is 13.2 Å². The van der Waals surface area contributed by atoms with Crippen LogP contribution in [0, 0.1) is 5.92 Å². The highest BCUT2D eigenvalue weighted by atomic mass is 19.4. The van der Waals surface area contributed by atoms with Gasteiger partial charge in [0.2, 0.25) is 0 Å². The van der Waals surface area contributed by atoms with Gasteiger partial charge in [0.1, 0.15) is 29.2 Å². The Morgan fingerprint density at radius 3 is 2.85 bits per heavy atom. The van der Waals surface area contributed by atoms with Gasteiger partial charge in [0.05, 0.1) is 18.0 Å². The fraction of sp³-hybridized carbons (Fsp3) is 0.333. The predicted molar refractivity (Wildman–Crippen MR) is 91.0 cm³/mol. The molecule has 5 nitrogen and oxygen atoms in total. The number of aromatic nitrogens is 3. The minimum Gasteiger partial charge on any atom is -0.493 e. The van der Waals surface area contributed by atoms with Gasteiger partial charge in [-0.2, -0.15) is 13.2 Å². The third-order valence-electron chi connectivity index (χ3n) is 4.73. The smallest absolute Gasteiger partial charge is 0.431 e. The van der Waals surface area contributed by atoms with Crippen molar-refractivity contribution < 1.29 is 17.9 Å². The Morgan fingerprint density at radius 1 is 1.27 bits per heavy atom. The Bertz CT molecular complexity index is 938. The van der Waals surface area contributed by atoms with Crippen molar-refractivity contribution >= 4 is 16.9 Å². The van der Waals surface area contributed by atoms with Gasteiger partial charge in [-0.25, -0.2) is 9.97 Å². The highest BCUT2D eigenvalue weighted by molar-refractivity contribution is 5.88. The zero-order chi connectivity index (χ0) is 18.3. The Morgan fingerprint density at radius 2 is 2.08 bits per heavy atom. The highest BCUT2D eigenvalue weighted by Gasteiger charge is 2.34. The monoisotopic (exact) mass is 362 g/mol. The second kappa shape index (κ2) is 6.19. The number of alkyl halides is 3. The molecule has 0 radical (unpaired) electrons. The average molecular weight is 362 g/mol. The Kier molecular flexibility index (Phi) is 3.97. The minimum absolute atomic E-state index is 0.104. The molecule has 1 aromatic carbocycles. The summed E-state index contributed by atoms with van der Waals surface area (Å²) in [6.45, 7) is 2.60. The van der Waals surface area contributed by atoms with E-state index in [4.69, 9.17) is 4.74 Å². The van der Waals surface area contributed by atoms with Crippen molar-refractivity contribution in [1.29, 1.82) is 0 Å². The van der Waals surface area contributed by atoms with E-state index in [-0.39, 0.29) is 17.6 Å². The maximum atomic E-state index is 13.0. The number of aromatic amines is 1. The summed E-state index contributed by atoms with van der Waals surface area (Å²) in [6, 6.07) is 8.61. The lowest BCUT2D eigenvalue weighted by atomic mass is 9.88. The topological polar surface area (TPSA) is 62.8 Å². The first-order chi connectivity index (χ1) is 12.5. The number of fused-ring (bicyclic) bond motifs is 2. The molecule has 0 amide bonds. The number of nitrogens with one attached hydrogen (secondary N) is 2. The molecule has 0 aliphatic carbocycles. The van der Waals surface area contributed by atoms with Crippen molar-refractivity contribution in [2.45, 2.75) is 25.6 Å². The van der Waals surface area contributed by atoms with E-state index in [1.54, 1.807) is 0 Å². The Hall–Kier alpha value is -2.77. The molecule has 1 aliphatic heterocycles. The maximum absolute atomic E-state index is 13.0. The number of nitrogens with zero attached hydrogens (tertiary/aromatic N) is 2. The number of halogens is 3. The molecular weight excluding hydrogens is 345 g/mol. The minimum atomic E-state index is -4.46. The molecule has 0 spiro atoms. The fourth-order valence-electron chi connectivity index (χ4n) is 3.32. The zero-order valence-corrected chi connectivity index (χ0v) is 14.0. The Balaban J connectivity index is 1.76. The summed E-state index contributed by atoms with van der Waals surface area (Å²) < 4.78 is 44.8. The summed E-state index contributed by atoms with van der Waals surface area (Å²) in [7, 11) is 0. The number of H-pyrrole nitrogens is 1. The first-order valence-corrected chi connectivity index (χ1v) is 8.36. The van der Waals surface area contributed by atoms with E-state index in [2.05, 4.69) is 27.2 Å². The number of ether oxygens (including phenoxy) is 1. The molecule has 2 atom stereocenters. The summed E-state index contributed by atoms with van der Waals surface area (Å²) >= 11 is 0. The van der Waals surface area contributed by atoms with Crippen molar-refractivity contribution in [3.8, 4) is 5.75 Å². The van der Waals surface area contributed by atoms with Gasteiger partial charge < -0.3 is 15.0 Å². The largest absolute Gasteiger partial charge is 0.493 e. The van der Waals surface area contributed by atoms with Gasteiger partial charge in [0.25, 0.3) is 0 Å². The van der Waals surface area contributed by atoms with Crippen molar-refractivity contribution in [2.75, 3.05) is 11.9 Å². The molecule has 4 rings (SSSR count). The summed E-state index contributed by atoms with van der Waals surface area (Å²) in [4.78, 5) is 10.4. The molecule has 26 heavy (non-hydrogen) atoms. The molecule has 3 aromatic rings. The van der Waals surface area contributed by atoms with Crippen LogP contribution in [0.1, 0.15) is 30.6 Å². The van der Waals surface area contributed by atoms with Crippen LogP contribution in [-0.2, 0) is 6.18 Å². The van der Waals surface area contributed by atoms with Gasteiger partial charge in [-0.3, -0.25) is 0 Å². The highest BCUT2D eigenvalue weighted by Crippen LogP contribution is 2.40. The molecule has 2 aromatic heterocycles. The lowest BCUT2D eigenvalue weighted by Crippen LogP contribution is -2.30. The SMILES string of the molecule is CC[C@@H]1COc2ccccc2[C@H]1Nc1ncnc2[nH]c(C(F)(F)F)cc12. The molecule has 8 heteroatoms. The first-order valence-electron chi connectivity index (χ1n) is 8.36. The number of anilines is 1. The number of para-hydroxylation sites is 1. The summed E-state index contributed by atoms with van der Waals surface area (Å²) in [6.07, 6.45) is -2.34. The third-order valence-corrected chi connectivity index (χ3v) is 4.73. The van der Waals surface area contributed by atoms with E-state index in [1.165, 1.54) is 6.33 Å². The molecule has 3 heterocycles. The van der Waals surface area contributed by atoms with Crippen molar-refractivity contribution in [2.24, 2.45) is 5.92 Å². The molecule has 0 saturated heterocycles. The molecule has 1 aliphatic rings. The van der Waals surface area contributed by atoms with Gasteiger partial charge in [-0.05, 0) is 18.6 Å². The van der Waals surface area contributed by atoms with Gasteiger partial charge >= 0.3 is 6.18 Å². The van der Waals surface area contributed by atoms with Crippen LogP contribution >= 0.6 is 0 Å². The zero-order valence-electron chi connectivity index (χ0n) is 14.0. The van der Waals surface area contributed by atoms with Crippen molar-refractivity contribution in [1.82, 2.24) is 15.0 Å². The van der Waals surface area contributed by atoms with E-state index in [1.807, 2.05) is 24.3 Å². The average Bonchev–Trinajstić information content (AvgIpc) is 3.08. The second-order valence-electron chi connectivity index (χ2n) is 6.30. The fourth-order valence-corrected chi connectivity index (χ4v) is 3.32. The van der Waals surface area contributed by atoms with Crippen LogP contribution in [-0.4, -0.2) is 21.6 Å². The number of rotatable bonds is 3. The molecule has 136 valence electrons. The third kappa shape index (κ3) is 2.85. The van der Waals surface area contributed by atoms with Crippen LogP contribution in [0.15, 0.2) is 36.7 Å². The second-order valence-corrected chi connectivity index (χ2v) is 6.30. The lowest BCUT2D eigenvalue weighted by molar-refractivity contribution is -0.140. The molecule has 0 saturated carbocycles. The van der Waals surface area contributed by atoms with Gasteiger partial charge in [-0.15, -0.1) is 0 Å². The molecule has 0 unspecified atom stereocenters. The van der Waals surface area contributed by atoms with Crippen molar-refractivity contribution in [3.05, 3.63) is 47.9 Å². The summed E-state index contributed by atoms with van der Waals surface area (Å²) in [5, 5.41) is 3.65. The van der Waals surface area contributed by atoms with Crippen LogP contribution in [0.4, 0.5) is 19.0 Å². The van der Waals surface area contributed by atoms with Gasteiger partial charge in [-0.1, -0.05) is 25.1 Å². The predicted octanol–water partition coefficient (Wildman–Crippen LogP) is 4.55. The van der Waals surface area contributed by atoms with Crippen LogP contribution < -0.4 is 10.1 Å². The van der Waals surface area contributed by atoms with Gasteiger partial charge in [0.15, 0.2) is 0 Å². The van der Waals surface area contributed by atoms with Crippen LogP contribution in [0.25, 0.3) is 11.0 Å². The van der Waals surface area contributed by atoms with E-state index >= 15 is 0 Å². The van der Waals surface area contributed by atoms with Gasteiger partial charge in [0, 0.05) is 11.5 Å². The number of hydrogen-bond acceptors (Lipinski definition) is 4. The van der Waals surface area contributed by atoms with E-state index in [0.29, 0.717) is 17.8 Å². The standard InChI is InChI=1S/C18H17F3N4O/c1-2-10-8-26-13-6-4-3-5-11(13)15(10)25-17-12-7-14(18(19,20)21)24-16(12)22-9-23-17/h3-7,9-10,15H,2,8H2,1H3,(H2,22,23,24,25)/t10-,15+/m1/s1. The Labute approximate surface area is 147 Å². The quantitative estimate of drug-likeness (QED) is 0.718. The molecule has 2 N–H and O–H groups in total. The molecule has 0 fully saturated rings. The first kappa shape index (κ1) is 16.7. The van der Waals surface area contributed by atoms with Crippen molar-refractivity contribution in [3.63, 3.8) is 0 Å². The van der Waals surface area contributed by atoms with E-state index in [0.717, 1.165) is 23.8 Å². The summed E-state index contributed by atoms with van der Waals surface area (Å²) in [5.41, 5.74) is 0.294. The number of hydrogen-bond donors (Lipinski definition) is 2. The normalized spacial score (nSPS) is 19.8. The molecule has 0 bridgehead atoms. The number of benzene rings is 1. The van der Waals surface area contributed by atoms with E-state index < -0.39 is 11.9 Å². The maximum Gasteiger partial charge on any atom is 0.431 e. The molecular formula is C18H17F3N4O. The van der Waals surface area contributed by atoms with Crippen LogP contribution in [0.2, 0.25) is 0 Å². The van der Waals surface area contributed by atoms with Crippen LogP contribution in [0.3, 0.4) is 0 Å². The summed E-state index contributed by atoms with van der Waals surface area (Å²) in [5.74, 6) is 1.34. The van der Waals surface area contributed by atoms with Crippen LogP contribution in [0.5, 0.6) is 5.75 Å². The lowest BCUT2D eigenvalue weighted by Gasteiger charge is -2.34.